The minimum Gasteiger partial charge on any atom is -0.497 e. The molecule has 3 aromatic rings. The Bertz CT molecular complexity index is 996. The molecule has 0 bridgehead atoms. The average molecular weight is 380 g/mol. The lowest BCUT2D eigenvalue weighted by Crippen LogP contribution is -2.15. The highest BCUT2D eigenvalue weighted by atomic mass is 32.2. The number of hydrogen-bond acceptors (Lipinski definition) is 6. The third kappa shape index (κ3) is 3.55. The Morgan fingerprint density at radius 1 is 1.07 bits per heavy atom. The molecule has 1 aromatic heterocycles. The van der Waals surface area contributed by atoms with Gasteiger partial charge in [0.15, 0.2) is 5.82 Å². The number of thioether (sulfide) groups is 1. The van der Waals surface area contributed by atoms with Gasteiger partial charge in [-0.3, -0.25) is 0 Å². The maximum atomic E-state index is 5.98. The third-order valence-electron chi connectivity index (χ3n) is 4.57. The number of ether oxygens (including phenoxy) is 2. The van der Waals surface area contributed by atoms with Crippen molar-refractivity contribution in [2.75, 3.05) is 12.9 Å². The van der Waals surface area contributed by atoms with Crippen molar-refractivity contribution in [2.24, 2.45) is 5.10 Å². The molecule has 27 heavy (non-hydrogen) atoms. The Labute approximate surface area is 162 Å². The fraction of sp³-hybridized carbons (Fsp3) is 0.250. The van der Waals surface area contributed by atoms with Crippen LogP contribution in [0.15, 0.2) is 52.7 Å². The van der Waals surface area contributed by atoms with E-state index in [0.717, 1.165) is 39.2 Å². The number of nitrogens with zero attached hydrogens (tertiary/aromatic N) is 4. The topological polar surface area (TPSA) is 61.5 Å². The largest absolute Gasteiger partial charge is 0.497 e. The number of benzene rings is 2. The van der Waals surface area contributed by atoms with Gasteiger partial charge in [0, 0.05) is 5.75 Å². The Hall–Kier alpha value is -2.80. The second-order valence-corrected chi connectivity index (χ2v) is 7.20. The summed E-state index contributed by atoms with van der Waals surface area (Å²) in [6.45, 7) is 4.44. The maximum absolute atomic E-state index is 5.98. The summed E-state index contributed by atoms with van der Waals surface area (Å²) in [7, 11) is 1.66. The van der Waals surface area contributed by atoms with Crippen LogP contribution in [0.4, 0.5) is 0 Å². The van der Waals surface area contributed by atoms with Crippen molar-refractivity contribution in [3.05, 3.63) is 65.0 Å². The first-order chi connectivity index (χ1) is 13.2. The Balaban J connectivity index is 1.57. The molecule has 2 aromatic carbocycles. The summed E-state index contributed by atoms with van der Waals surface area (Å²) in [6.07, 6.45) is 0. The quantitative estimate of drug-likeness (QED) is 0.673. The van der Waals surface area contributed by atoms with Gasteiger partial charge in [0.1, 0.15) is 18.1 Å². The second kappa shape index (κ2) is 7.44. The lowest BCUT2D eigenvalue weighted by atomic mass is 10.1. The molecule has 0 unspecified atom stereocenters. The minimum absolute atomic E-state index is 0.317. The van der Waals surface area contributed by atoms with Crippen LogP contribution in [0, 0.1) is 13.8 Å². The first-order valence-corrected chi connectivity index (χ1v) is 9.62. The van der Waals surface area contributed by atoms with Crippen LogP contribution in [0.5, 0.6) is 11.5 Å². The zero-order valence-corrected chi connectivity index (χ0v) is 16.3. The third-order valence-corrected chi connectivity index (χ3v) is 5.50. The molecule has 0 saturated carbocycles. The molecule has 1 aliphatic heterocycles. The van der Waals surface area contributed by atoms with Crippen LogP contribution in [0.3, 0.4) is 0 Å². The van der Waals surface area contributed by atoms with E-state index in [0.29, 0.717) is 12.4 Å². The van der Waals surface area contributed by atoms with Crippen molar-refractivity contribution in [1.82, 2.24) is 14.9 Å². The zero-order valence-electron chi connectivity index (χ0n) is 15.5. The first-order valence-electron chi connectivity index (χ1n) is 8.64. The monoisotopic (exact) mass is 380 g/mol. The Morgan fingerprint density at radius 3 is 2.67 bits per heavy atom. The highest BCUT2D eigenvalue weighted by molar-refractivity contribution is 7.99. The van der Waals surface area contributed by atoms with Gasteiger partial charge >= 0.3 is 0 Å². The van der Waals surface area contributed by atoms with E-state index in [1.807, 2.05) is 36.4 Å². The van der Waals surface area contributed by atoms with Gasteiger partial charge in [-0.05, 0) is 60.9 Å². The van der Waals surface area contributed by atoms with E-state index in [9.17, 15) is 0 Å². The normalized spacial score (nSPS) is 13.1. The van der Waals surface area contributed by atoms with Crippen LogP contribution in [-0.4, -0.2) is 33.4 Å². The van der Waals surface area contributed by atoms with Gasteiger partial charge in [0.25, 0.3) is 0 Å². The first kappa shape index (κ1) is 17.6. The lowest BCUT2D eigenvalue weighted by molar-refractivity contribution is 0.287. The van der Waals surface area contributed by atoms with E-state index in [1.54, 1.807) is 23.5 Å². The number of fused-ring (bicyclic) bond motifs is 1. The van der Waals surface area contributed by atoms with E-state index in [2.05, 4.69) is 30.1 Å². The van der Waals surface area contributed by atoms with E-state index in [1.165, 1.54) is 5.56 Å². The standard InChI is InChI=1S/C20H20N4O2S/c1-13-5-4-6-18(14(13)2)26-11-19-21-22-20-24(19)23-17(12-27-20)15-7-9-16(25-3)10-8-15/h4-10H,11-12H2,1-3H3. The average Bonchev–Trinajstić information content (AvgIpc) is 3.11. The Morgan fingerprint density at radius 2 is 1.89 bits per heavy atom. The van der Waals surface area contributed by atoms with E-state index in [4.69, 9.17) is 14.6 Å². The molecule has 0 spiro atoms. The molecule has 0 aliphatic carbocycles. The summed E-state index contributed by atoms with van der Waals surface area (Å²) in [5.74, 6) is 3.12. The predicted octanol–water partition coefficient (Wildman–Crippen LogP) is 3.84. The number of methoxy groups -OCH3 is 1. The summed E-state index contributed by atoms with van der Waals surface area (Å²) in [5, 5.41) is 14.0. The number of aryl methyl sites for hydroxylation is 1. The van der Waals surface area contributed by atoms with Crippen LogP contribution in [0.25, 0.3) is 0 Å². The van der Waals surface area contributed by atoms with Crippen molar-refractivity contribution in [3.63, 3.8) is 0 Å². The van der Waals surface area contributed by atoms with Gasteiger partial charge in [-0.15, -0.1) is 10.2 Å². The SMILES string of the molecule is COc1ccc(C2=Nn3c(COc4cccc(C)c4C)nnc3SC2)cc1. The summed E-state index contributed by atoms with van der Waals surface area (Å²) < 4.78 is 13.0. The molecule has 0 N–H and O–H groups in total. The van der Waals surface area contributed by atoms with Crippen molar-refractivity contribution < 1.29 is 9.47 Å². The molecule has 1 aliphatic rings. The van der Waals surface area contributed by atoms with Gasteiger partial charge in [0.2, 0.25) is 5.16 Å². The smallest absolute Gasteiger partial charge is 0.212 e. The molecule has 6 nitrogen and oxygen atoms in total. The van der Waals surface area contributed by atoms with Crippen LogP contribution in [0.2, 0.25) is 0 Å². The van der Waals surface area contributed by atoms with Crippen molar-refractivity contribution in [2.45, 2.75) is 25.6 Å². The summed E-state index contributed by atoms with van der Waals surface area (Å²) in [6, 6.07) is 13.9. The van der Waals surface area contributed by atoms with Gasteiger partial charge in [-0.2, -0.15) is 9.78 Å². The molecule has 7 heteroatoms. The van der Waals surface area contributed by atoms with Crippen LogP contribution >= 0.6 is 11.8 Å². The van der Waals surface area contributed by atoms with Crippen molar-refractivity contribution in [1.29, 1.82) is 0 Å². The highest BCUT2D eigenvalue weighted by Gasteiger charge is 2.20. The molecule has 0 amide bonds. The van der Waals surface area contributed by atoms with Crippen molar-refractivity contribution in [3.8, 4) is 11.5 Å². The number of hydrogen-bond donors (Lipinski definition) is 0. The maximum Gasteiger partial charge on any atom is 0.212 e. The van der Waals surface area contributed by atoms with Crippen LogP contribution in [-0.2, 0) is 6.61 Å². The van der Waals surface area contributed by atoms with E-state index >= 15 is 0 Å². The summed E-state index contributed by atoms with van der Waals surface area (Å²) >= 11 is 1.62. The van der Waals surface area contributed by atoms with E-state index in [-0.39, 0.29) is 0 Å². The minimum atomic E-state index is 0.317. The number of rotatable bonds is 5. The van der Waals surface area contributed by atoms with Crippen molar-refractivity contribution >= 4 is 17.5 Å². The molecule has 0 fully saturated rings. The molecule has 0 radical (unpaired) electrons. The molecule has 4 rings (SSSR count). The summed E-state index contributed by atoms with van der Waals surface area (Å²) in [4.78, 5) is 0. The second-order valence-electron chi connectivity index (χ2n) is 6.26. The van der Waals surface area contributed by atoms with Gasteiger partial charge in [-0.25, -0.2) is 0 Å². The molecular weight excluding hydrogens is 360 g/mol. The molecule has 138 valence electrons. The zero-order chi connectivity index (χ0) is 18.8. The Kier molecular flexibility index (Phi) is 4.85. The lowest BCUT2D eigenvalue weighted by Gasteiger charge is -2.15. The summed E-state index contributed by atoms with van der Waals surface area (Å²) in [5.41, 5.74) is 4.37. The molecular formula is C20H20N4O2S. The molecule has 0 saturated heterocycles. The van der Waals surface area contributed by atoms with Gasteiger partial charge in [-0.1, -0.05) is 23.9 Å². The fourth-order valence-electron chi connectivity index (χ4n) is 2.81. The van der Waals surface area contributed by atoms with Crippen LogP contribution in [0.1, 0.15) is 22.5 Å². The predicted molar refractivity (Wildman–Crippen MR) is 106 cm³/mol. The fourth-order valence-corrected chi connectivity index (χ4v) is 3.66. The number of aromatic nitrogens is 3. The molecule has 0 atom stereocenters. The van der Waals surface area contributed by atoms with Crippen LogP contribution < -0.4 is 9.47 Å². The van der Waals surface area contributed by atoms with Gasteiger partial charge in [0.05, 0.1) is 12.8 Å². The molecule has 2 heterocycles. The van der Waals surface area contributed by atoms with E-state index < -0.39 is 0 Å². The van der Waals surface area contributed by atoms with Gasteiger partial charge < -0.3 is 9.47 Å². The highest BCUT2D eigenvalue weighted by Crippen LogP contribution is 2.26.